The zero-order chi connectivity index (χ0) is 13.3. The number of piperidine rings is 1. The van der Waals surface area contributed by atoms with Crippen molar-refractivity contribution in [3.8, 4) is 5.75 Å². The number of likely N-dealkylation sites (tertiary alicyclic amines) is 1. The van der Waals surface area contributed by atoms with Gasteiger partial charge in [0.05, 0.1) is 16.7 Å². The van der Waals surface area contributed by atoms with Gasteiger partial charge in [-0.05, 0) is 25.0 Å². The van der Waals surface area contributed by atoms with E-state index in [0.29, 0.717) is 30.4 Å². The highest BCUT2D eigenvalue weighted by Gasteiger charge is 2.25. The molecule has 1 heterocycles. The minimum atomic E-state index is -0.339. The maximum Gasteiger partial charge on any atom is 0.257 e. The topological polar surface area (TPSA) is 60.8 Å². The highest BCUT2D eigenvalue weighted by Crippen LogP contribution is 2.32. The van der Waals surface area contributed by atoms with Gasteiger partial charge in [0.1, 0.15) is 5.75 Å². The molecule has 1 saturated heterocycles. The lowest BCUT2D eigenvalue weighted by Crippen LogP contribution is -2.40. The molecule has 0 unspecified atom stereocenters. The molecule has 1 aromatic rings. The molecule has 98 valence electrons. The first kappa shape index (κ1) is 13.6. The normalized spacial score (nSPS) is 16.9. The summed E-state index contributed by atoms with van der Waals surface area (Å²) in [5.74, 6) is -0.460. The standard InChI is InChI=1S/C12H13BrClNO3/c13-7-5-9(11(17)10(14)6-7)12(18)15-3-1-8(16)2-4-15/h5-6,8,16-17H,1-4H2. The molecule has 0 atom stereocenters. The SMILES string of the molecule is O=C(c1cc(Br)cc(Cl)c1O)N1CCC(O)CC1. The van der Waals surface area contributed by atoms with Crippen LogP contribution in [-0.2, 0) is 0 Å². The number of hydrogen-bond acceptors (Lipinski definition) is 3. The molecule has 0 bridgehead atoms. The van der Waals surface area contributed by atoms with Gasteiger partial charge in [0.15, 0.2) is 0 Å². The van der Waals surface area contributed by atoms with Crippen LogP contribution < -0.4 is 0 Å². The predicted octanol–water partition coefficient (Wildman–Crippen LogP) is 2.40. The number of aliphatic hydroxyl groups excluding tert-OH is 1. The van der Waals surface area contributed by atoms with E-state index in [1.807, 2.05) is 0 Å². The predicted molar refractivity (Wildman–Crippen MR) is 72.0 cm³/mol. The number of amides is 1. The second-order valence-electron chi connectivity index (χ2n) is 4.31. The van der Waals surface area contributed by atoms with Crippen molar-refractivity contribution >= 4 is 33.4 Å². The fourth-order valence-corrected chi connectivity index (χ4v) is 2.78. The number of carbonyl (C=O) groups excluding carboxylic acids is 1. The van der Waals surface area contributed by atoms with E-state index in [0.717, 1.165) is 0 Å². The van der Waals surface area contributed by atoms with Gasteiger partial charge in [-0.25, -0.2) is 0 Å². The van der Waals surface area contributed by atoms with Crippen LogP contribution in [-0.4, -0.2) is 40.2 Å². The lowest BCUT2D eigenvalue weighted by Gasteiger charge is -2.29. The third-order valence-corrected chi connectivity index (χ3v) is 3.76. The first-order chi connectivity index (χ1) is 8.49. The third kappa shape index (κ3) is 2.79. The van der Waals surface area contributed by atoms with E-state index >= 15 is 0 Å². The van der Waals surface area contributed by atoms with Crippen LogP contribution in [0.3, 0.4) is 0 Å². The number of halogens is 2. The summed E-state index contributed by atoms with van der Waals surface area (Å²) < 4.78 is 0.644. The Bertz CT molecular complexity index is 473. The summed E-state index contributed by atoms with van der Waals surface area (Å²) in [4.78, 5) is 13.9. The molecule has 1 aromatic carbocycles. The minimum Gasteiger partial charge on any atom is -0.506 e. The van der Waals surface area contributed by atoms with Crippen LogP contribution in [0.2, 0.25) is 5.02 Å². The molecule has 1 aliphatic rings. The summed E-state index contributed by atoms with van der Waals surface area (Å²) >= 11 is 9.08. The highest BCUT2D eigenvalue weighted by atomic mass is 79.9. The first-order valence-corrected chi connectivity index (χ1v) is 6.81. The third-order valence-electron chi connectivity index (χ3n) is 3.01. The number of carbonyl (C=O) groups is 1. The quantitative estimate of drug-likeness (QED) is 0.829. The van der Waals surface area contributed by atoms with Gasteiger partial charge in [-0.3, -0.25) is 4.79 Å². The number of rotatable bonds is 1. The Morgan fingerprint density at radius 3 is 2.61 bits per heavy atom. The molecule has 18 heavy (non-hydrogen) atoms. The Morgan fingerprint density at radius 1 is 1.39 bits per heavy atom. The van der Waals surface area contributed by atoms with Gasteiger partial charge in [0, 0.05) is 17.6 Å². The van der Waals surface area contributed by atoms with Crippen molar-refractivity contribution in [2.24, 2.45) is 0 Å². The number of hydrogen-bond donors (Lipinski definition) is 2. The van der Waals surface area contributed by atoms with Crippen LogP contribution in [0.1, 0.15) is 23.2 Å². The Kier molecular flexibility index (Phi) is 4.14. The molecule has 6 heteroatoms. The van der Waals surface area contributed by atoms with Crippen molar-refractivity contribution in [3.05, 3.63) is 27.2 Å². The highest BCUT2D eigenvalue weighted by molar-refractivity contribution is 9.10. The molecule has 0 saturated carbocycles. The molecule has 1 aliphatic heterocycles. The van der Waals surface area contributed by atoms with Crippen molar-refractivity contribution in [2.75, 3.05) is 13.1 Å². The van der Waals surface area contributed by atoms with Crippen molar-refractivity contribution < 1.29 is 15.0 Å². The summed E-state index contributed by atoms with van der Waals surface area (Å²) in [5.41, 5.74) is 0.186. The van der Waals surface area contributed by atoms with Crippen molar-refractivity contribution in [1.29, 1.82) is 0 Å². The second kappa shape index (κ2) is 5.47. The van der Waals surface area contributed by atoms with Crippen LogP contribution in [0, 0.1) is 0 Å². The number of aromatic hydroxyl groups is 1. The van der Waals surface area contributed by atoms with Crippen molar-refractivity contribution in [1.82, 2.24) is 4.90 Å². The lowest BCUT2D eigenvalue weighted by atomic mass is 10.1. The zero-order valence-electron chi connectivity index (χ0n) is 9.57. The van der Waals surface area contributed by atoms with E-state index in [1.165, 1.54) is 6.07 Å². The van der Waals surface area contributed by atoms with Crippen LogP contribution in [0.15, 0.2) is 16.6 Å². The van der Waals surface area contributed by atoms with Crippen LogP contribution in [0.4, 0.5) is 0 Å². The molecule has 4 nitrogen and oxygen atoms in total. The van der Waals surface area contributed by atoms with E-state index in [2.05, 4.69) is 15.9 Å². The summed E-state index contributed by atoms with van der Waals surface area (Å²) in [6.07, 6.45) is 0.788. The van der Waals surface area contributed by atoms with Crippen molar-refractivity contribution in [3.63, 3.8) is 0 Å². The van der Waals surface area contributed by atoms with Gasteiger partial charge in [-0.2, -0.15) is 0 Å². The summed E-state index contributed by atoms with van der Waals surface area (Å²) in [5, 5.41) is 19.4. The lowest BCUT2D eigenvalue weighted by molar-refractivity contribution is 0.0544. The van der Waals surface area contributed by atoms with Crippen LogP contribution >= 0.6 is 27.5 Å². The van der Waals surface area contributed by atoms with Gasteiger partial charge in [-0.15, -0.1) is 0 Å². The summed E-state index contributed by atoms with van der Waals surface area (Å²) in [6.45, 7) is 0.979. The molecule has 1 amide bonds. The van der Waals surface area contributed by atoms with Gasteiger partial charge < -0.3 is 15.1 Å². The molecule has 0 aliphatic carbocycles. The van der Waals surface area contributed by atoms with Crippen molar-refractivity contribution in [2.45, 2.75) is 18.9 Å². The van der Waals surface area contributed by atoms with E-state index in [-0.39, 0.29) is 28.3 Å². The summed E-state index contributed by atoms with van der Waals surface area (Å²) in [7, 11) is 0. The largest absolute Gasteiger partial charge is 0.506 e. The zero-order valence-corrected chi connectivity index (χ0v) is 11.9. The summed E-state index contributed by atoms with van der Waals surface area (Å²) in [6, 6.07) is 3.09. The average molecular weight is 335 g/mol. The molecular formula is C12H13BrClNO3. The maximum atomic E-state index is 12.2. The van der Waals surface area contributed by atoms with Gasteiger partial charge in [-0.1, -0.05) is 27.5 Å². The monoisotopic (exact) mass is 333 g/mol. The smallest absolute Gasteiger partial charge is 0.257 e. The number of benzene rings is 1. The number of phenols is 1. The van der Waals surface area contributed by atoms with Crippen LogP contribution in [0.25, 0.3) is 0 Å². The second-order valence-corrected chi connectivity index (χ2v) is 5.63. The Balaban J connectivity index is 2.23. The van der Waals surface area contributed by atoms with E-state index in [9.17, 15) is 15.0 Å². The average Bonchev–Trinajstić information content (AvgIpc) is 2.34. The molecular weight excluding hydrogens is 321 g/mol. The molecule has 0 radical (unpaired) electrons. The van der Waals surface area contributed by atoms with E-state index in [1.54, 1.807) is 11.0 Å². The van der Waals surface area contributed by atoms with Crippen LogP contribution in [0.5, 0.6) is 5.75 Å². The molecule has 0 spiro atoms. The van der Waals surface area contributed by atoms with E-state index < -0.39 is 0 Å². The maximum absolute atomic E-state index is 12.2. The Hall–Kier alpha value is -0.780. The molecule has 2 N–H and O–H groups in total. The minimum absolute atomic E-state index is 0.143. The Morgan fingerprint density at radius 2 is 2.00 bits per heavy atom. The van der Waals surface area contributed by atoms with Gasteiger partial charge in [0.25, 0.3) is 5.91 Å². The molecule has 1 fully saturated rings. The van der Waals surface area contributed by atoms with E-state index in [4.69, 9.17) is 11.6 Å². The number of phenolic OH excluding ortho intramolecular Hbond substituents is 1. The van der Waals surface area contributed by atoms with Gasteiger partial charge >= 0.3 is 0 Å². The fourth-order valence-electron chi connectivity index (χ4n) is 1.97. The molecule has 2 rings (SSSR count). The number of aliphatic hydroxyl groups is 1. The molecule has 0 aromatic heterocycles. The number of nitrogens with zero attached hydrogens (tertiary/aromatic N) is 1. The Labute approximate surface area is 118 Å². The first-order valence-electron chi connectivity index (χ1n) is 5.64. The van der Waals surface area contributed by atoms with Gasteiger partial charge in [0.2, 0.25) is 0 Å². The fraction of sp³-hybridized carbons (Fsp3) is 0.417.